The first-order valence-electron chi connectivity index (χ1n) is 6.01. The minimum Gasteiger partial charge on any atom is -0.346 e. The zero-order valence-corrected chi connectivity index (χ0v) is 12.6. The Hall–Kier alpha value is -1.58. The predicted octanol–water partition coefficient (Wildman–Crippen LogP) is 5.10. The lowest BCUT2D eigenvalue weighted by Crippen LogP contribution is -2.39. The van der Waals surface area contributed by atoms with Gasteiger partial charge in [0.25, 0.3) is 0 Å². The Balaban J connectivity index is 2.59. The van der Waals surface area contributed by atoms with Crippen LogP contribution in [0.25, 0.3) is 10.9 Å². The van der Waals surface area contributed by atoms with Crippen molar-refractivity contribution in [2.45, 2.75) is 18.9 Å². The van der Waals surface area contributed by atoms with Gasteiger partial charge in [0, 0.05) is 23.7 Å². The van der Waals surface area contributed by atoms with Gasteiger partial charge in [-0.15, -0.1) is 0 Å². The van der Waals surface area contributed by atoms with Crippen molar-refractivity contribution in [3.05, 3.63) is 34.2 Å². The summed E-state index contributed by atoms with van der Waals surface area (Å²) in [7, 11) is 0. The van der Waals surface area contributed by atoms with Gasteiger partial charge in [-0.25, -0.2) is 4.39 Å². The highest BCUT2D eigenvalue weighted by atomic mass is 79.9. The summed E-state index contributed by atoms with van der Waals surface area (Å²) in [6.45, 7) is -1.46. The SMILES string of the molecule is O=Cc1cn(CC(C(F)(F)F)C(F)(F)F)c2cc(Br)c(F)cc12. The monoisotopic (exact) mass is 405 g/mol. The van der Waals surface area contributed by atoms with E-state index in [1.165, 1.54) is 0 Å². The molecule has 0 aliphatic rings. The van der Waals surface area contributed by atoms with Crippen LogP contribution < -0.4 is 0 Å². The van der Waals surface area contributed by atoms with Crippen molar-refractivity contribution in [2.24, 2.45) is 5.92 Å². The van der Waals surface area contributed by atoms with E-state index in [0.29, 0.717) is 4.57 Å². The lowest BCUT2D eigenvalue weighted by molar-refractivity contribution is -0.287. The Labute approximate surface area is 133 Å². The fourth-order valence-corrected chi connectivity index (χ4v) is 2.48. The Bertz CT molecular complexity index is 733. The molecule has 2 rings (SSSR count). The minimum atomic E-state index is -5.51. The number of rotatable bonds is 3. The van der Waals surface area contributed by atoms with E-state index in [9.17, 15) is 35.5 Å². The maximum absolute atomic E-state index is 13.5. The molecule has 0 unspecified atom stereocenters. The minimum absolute atomic E-state index is 0.0659. The first kappa shape index (κ1) is 17.8. The molecule has 0 aliphatic carbocycles. The van der Waals surface area contributed by atoms with Gasteiger partial charge in [-0.05, 0) is 28.1 Å². The normalized spacial score (nSPS) is 13.1. The summed E-state index contributed by atoms with van der Waals surface area (Å²) >= 11 is 2.81. The number of nitrogens with zero attached hydrogens (tertiary/aromatic N) is 1. The summed E-state index contributed by atoms with van der Waals surface area (Å²) < 4.78 is 90.0. The second-order valence-corrected chi connectivity index (χ2v) is 5.63. The maximum atomic E-state index is 13.5. The van der Waals surface area contributed by atoms with E-state index in [-0.39, 0.29) is 27.2 Å². The van der Waals surface area contributed by atoms with Gasteiger partial charge in [0.1, 0.15) is 5.82 Å². The Kier molecular flexibility index (Phi) is 4.49. The number of carbonyl (C=O) groups is 1. The van der Waals surface area contributed by atoms with E-state index in [0.717, 1.165) is 18.3 Å². The van der Waals surface area contributed by atoms with Gasteiger partial charge in [0.05, 0.1) is 9.99 Å². The van der Waals surface area contributed by atoms with Crippen LogP contribution >= 0.6 is 15.9 Å². The highest BCUT2D eigenvalue weighted by molar-refractivity contribution is 9.10. The molecule has 0 fully saturated rings. The lowest BCUT2D eigenvalue weighted by atomic mass is 10.1. The highest BCUT2D eigenvalue weighted by Crippen LogP contribution is 2.41. The summed E-state index contributed by atoms with van der Waals surface area (Å²) in [5.41, 5.74) is -0.312. The molecule has 0 atom stereocenters. The third kappa shape index (κ3) is 3.51. The van der Waals surface area contributed by atoms with Gasteiger partial charge in [-0.2, -0.15) is 26.3 Å². The predicted molar refractivity (Wildman–Crippen MR) is 70.6 cm³/mol. The van der Waals surface area contributed by atoms with Crippen LogP contribution in [0.3, 0.4) is 0 Å². The zero-order valence-electron chi connectivity index (χ0n) is 11.0. The van der Waals surface area contributed by atoms with E-state index in [1.807, 2.05) is 0 Å². The average Bonchev–Trinajstić information content (AvgIpc) is 2.71. The number of hydrogen-bond donors (Lipinski definition) is 0. The molecule has 23 heavy (non-hydrogen) atoms. The molecule has 0 N–H and O–H groups in total. The van der Waals surface area contributed by atoms with Crippen LogP contribution in [0.1, 0.15) is 10.4 Å². The van der Waals surface area contributed by atoms with Crippen LogP contribution in [-0.4, -0.2) is 23.2 Å². The maximum Gasteiger partial charge on any atom is 0.402 e. The van der Waals surface area contributed by atoms with E-state index in [2.05, 4.69) is 15.9 Å². The number of benzene rings is 1. The molecule has 10 heteroatoms. The summed E-state index contributed by atoms with van der Waals surface area (Å²) in [5.74, 6) is -4.39. The van der Waals surface area contributed by atoms with E-state index < -0.39 is 30.6 Å². The molecule has 0 spiro atoms. The van der Waals surface area contributed by atoms with E-state index in [1.54, 1.807) is 0 Å². The van der Waals surface area contributed by atoms with E-state index in [4.69, 9.17) is 0 Å². The molecule has 2 aromatic rings. The third-order valence-corrected chi connectivity index (χ3v) is 3.86. The fourth-order valence-electron chi connectivity index (χ4n) is 2.15. The fraction of sp³-hybridized carbons (Fsp3) is 0.308. The topological polar surface area (TPSA) is 22.0 Å². The second kappa shape index (κ2) is 5.81. The zero-order chi connectivity index (χ0) is 17.6. The van der Waals surface area contributed by atoms with Crippen molar-refractivity contribution in [3.8, 4) is 0 Å². The number of carbonyl (C=O) groups excluding carboxylic acids is 1. The summed E-state index contributed by atoms with van der Waals surface area (Å²) in [6, 6.07) is 1.90. The molecule has 0 saturated heterocycles. The van der Waals surface area contributed by atoms with Crippen LogP contribution in [-0.2, 0) is 6.54 Å². The molecule has 0 bridgehead atoms. The third-order valence-electron chi connectivity index (χ3n) is 3.25. The second-order valence-electron chi connectivity index (χ2n) is 4.77. The van der Waals surface area contributed by atoms with Gasteiger partial charge >= 0.3 is 12.4 Å². The molecule has 1 aromatic carbocycles. The van der Waals surface area contributed by atoms with Crippen LogP contribution in [0.2, 0.25) is 0 Å². The van der Waals surface area contributed by atoms with Gasteiger partial charge in [-0.3, -0.25) is 4.79 Å². The summed E-state index contributed by atoms with van der Waals surface area (Å²) in [5, 5.41) is -0.0659. The quantitative estimate of drug-likeness (QED) is 0.514. The van der Waals surface area contributed by atoms with Crippen molar-refractivity contribution < 1.29 is 35.5 Å². The molecule has 0 radical (unpaired) electrons. The number of aromatic nitrogens is 1. The van der Waals surface area contributed by atoms with Crippen molar-refractivity contribution >= 4 is 33.1 Å². The standard InChI is InChI=1S/C13H7BrF7NO/c14-8-2-10-7(1-9(8)15)6(5-23)3-22(10)4-11(12(16,17)18)13(19,20)21/h1-3,5,11H,4H2. The molecule has 0 saturated carbocycles. The van der Waals surface area contributed by atoms with Crippen molar-refractivity contribution in [1.82, 2.24) is 4.57 Å². The van der Waals surface area contributed by atoms with Crippen LogP contribution in [0.4, 0.5) is 30.7 Å². The number of alkyl halides is 6. The smallest absolute Gasteiger partial charge is 0.346 e. The van der Waals surface area contributed by atoms with Crippen LogP contribution in [0, 0.1) is 11.7 Å². The van der Waals surface area contributed by atoms with Crippen LogP contribution in [0.15, 0.2) is 22.8 Å². The molecule has 1 aromatic heterocycles. The summed E-state index contributed by atoms with van der Waals surface area (Å²) in [6.07, 6.45) is -9.93. The average molecular weight is 406 g/mol. The van der Waals surface area contributed by atoms with Gasteiger partial charge in [0.2, 0.25) is 0 Å². The molecule has 126 valence electrons. The highest BCUT2D eigenvalue weighted by Gasteiger charge is 2.56. The van der Waals surface area contributed by atoms with Crippen molar-refractivity contribution in [2.75, 3.05) is 0 Å². The molecule has 1 heterocycles. The van der Waals surface area contributed by atoms with E-state index >= 15 is 0 Å². The van der Waals surface area contributed by atoms with Gasteiger partial charge in [0.15, 0.2) is 12.2 Å². The first-order valence-corrected chi connectivity index (χ1v) is 6.81. The van der Waals surface area contributed by atoms with Gasteiger partial charge in [-0.1, -0.05) is 0 Å². The van der Waals surface area contributed by atoms with Crippen LogP contribution in [0.5, 0.6) is 0 Å². The lowest BCUT2D eigenvalue weighted by Gasteiger charge is -2.23. The van der Waals surface area contributed by atoms with Gasteiger partial charge < -0.3 is 4.57 Å². The summed E-state index contributed by atoms with van der Waals surface area (Å²) in [4.78, 5) is 10.9. The van der Waals surface area contributed by atoms with Crippen molar-refractivity contribution in [1.29, 1.82) is 0 Å². The Morgan fingerprint density at radius 2 is 1.70 bits per heavy atom. The Morgan fingerprint density at radius 1 is 1.13 bits per heavy atom. The number of halogens is 8. The molecule has 0 aliphatic heterocycles. The molecule has 2 nitrogen and oxygen atoms in total. The first-order chi connectivity index (χ1) is 10.4. The number of hydrogen-bond acceptors (Lipinski definition) is 1. The number of fused-ring (bicyclic) bond motifs is 1. The molecule has 0 amide bonds. The Morgan fingerprint density at radius 3 is 2.17 bits per heavy atom. The molecular weight excluding hydrogens is 399 g/mol. The largest absolute Gasteiger partial charge is 0.402 e. The number of aldehydes is 1. The molecular formula is C13H7BrF7NO. The van der Waals surface area contributed by atoms with Crippen molar-refractivity contribution in [3.63, 3.8) is 0 Å².